The van der Waals surface area contributed by atoms with Crippen LogP contribution in [-0.2, 0) is 4.79 Å². The second-order valence-corrected chi connectivity index (χ2v) is 4.32. The van der Waals surface area contributed by atoms with Crippen molar-refractivity contribution in [3.05, 3.63) is 12.2 Å². The van der Waals surface area contributed by atoms with E-state index in [-0.39, 0.29) is 5.41 Å². The summed E-state index contributed by atoms with van der Waals surface area (Å²) in [5, 5.41) is 0. The SMILES string of the molecule is CC(C)(CC=O)C1C=CCCC1. The third kappa shape index (κ3) is 2.20. The Labute approximate surface area is 74.9 Å². The summed E-state index contributed by atoms with van der Waals surface area (Å²) in [5.41, 5.74) is 0.165. The Morgan fingerprint density at radius 3 is 2.83 bits per heavy atom. The van der Waals surface area contributed by atoms with E-state index in [2.05, 4.69) is 26.0 Å². The molecular formula is C11H18O. The minimum Gasteiger partial charge on any atom is -0.303 e. The summed E-state index contributed by atoms with van der Waals surface area (Å²) in [6.45, 7) is 4.36. The molecule has 0 aromatic carbocycles. The lowest BCUT2D eigenvalue weighted by molar-refractivity contribution is -0.110. The summed E-state index contributed by atoms with van der Waals surface area (Å²) < 4.78 is 0. The van der Waals surface area contributed by atoms with Crippen LogP contribution in [0.2, 0.25) is 0 Å². The van der Waals surface area contributed by atoms with Crippen molar-refractivity contribution >= 4 is 6.29 Å². The maximum atomic E-state index is 10.4. The second kappa shape index (κ2) is 3.88. The van der Waals surface area contributed by atoms with E-state index >= 15 is 0 Å². The van der Waals surface area contributed by atoms with Crippen LogP contribution in [-0.4, -0.2) is 6.29 Å². The maximum absolute atomic E-state index is 10.4. The summed E-state index contributed by atoms with van der Waals surface area (Å²) >= 11 is 0. The lowest BCUT2D eigenvalue weighted by Crippen LogP contribution is -2.24. The van der Waals surface area contributed by atoms with Gasteiger partial charge in [-0.1, -0.05) is 26.0 Å². The first-order valence-electron chi connectivity index (χ1n) is 4.77. The van der Waals surface area contributed by atoms with Gasteiger partial charge in [0.2, 0.25) is 0 Å². The number of aldehydes is 1. The zero-order valence-corrected chi connectivity index (χ0v) is 8.05. The molecule has 1 rings (SSSR count). The molecule has 0 saturated heterocycles. The molecule has 0 aromatic rings. The van der Waals surface area contributed by atoms with Crippen molar-refractivity contribution in [2.24, 2.45) is 11.3 Å². The smallest absolute Gasteiger partial charge is 0.120 e. The summed E-state index contributed by atoms with van der Waals surface area (Å²) in [6.07, 6.45) is 10.0. The highest BCUT2D eigenvalue weighted by molar-refractivity contribution is 5.50. The Morgan fingerprint density at radius 2 is 2.33 bits per heavy atom. The predicted molar refractivity (Wildman–Crippen MR) is 50.9 cm³/mol. The number of allylic oxidation sites excluding steroid dienone is 2. The summed E-state index contributed by atoms with van der Waals surface area (Å²) in [6, 6.07) is 0. The molecule has 1 heteroatoms. The third-order valence-corrected chi connectivity index (χ3v) is 2.87. The van der Waals surface area contributed by atoms with Gasteiger partial charge in [-0.2, -0.15) is 0 Å². The Kier molecular flexibility index (Phi) is 3.07. The highest BCUT2D eigenvalue weighted by Crippen LogP contribution is 2.36. The van der Waals surface area contributed by atoms with Gasteiger partial charge in [-0.25, -0.2) is 0 Å². The van der Waals surface area contributed by atoms with Crippen LogP contribution in [0.4, 0.5) is 0 Å². The van der Waals surface area contributed by atoms with Gasteiger partial charge in [0.1, 0.15) is 6.29 Å². The topological polar surface area (TPSA) is 17.1 Å². The molecule has 0 amide bonds. The lowest BCUT2D eigenvalue weighted by atomic mass is 9.72. The van der Waals surface area contributed by atoms with Crippen LogP contribution in [0.1, 0.15) is 39.5 Å². The predicted octanol–water partition coefficient (Wildman–Crippen LogP) is 2.96. The third-order valence-electron chi connectivity index (χ3n) is 2.87. The lowest BCUT2D eigenvalue weighted by Gasteiger charge is -2.32. The quantitative estimate of drug-likeness (QED) is 0.465. The summed E-state index contributed by atoms with van der Waals surface area (Å²) in [7, 11) is 0. The minimum absolute atomic E-state index is 0.165. The highest BCUT2D eigenvalue weighted by atomic mass is 16.1. The second-order valence-electron chi connectivity index (χ2n) is 4.32. The number of carbonyl (C=O) groups is 1. The van der Waals surface area contributed by atoms with Crippen molar-refractivity contribution < 1.29 is 4.79 Å². The van der Waals surface area contributed by atoms with E-state index in [9.17, 15) is 4.79 Å². The van der Waals surface area contributed by atoms with Crippen LogP contribution in [0.25, 0.3) is 0 Å². The van der Waals surface area contributed by atoms with Crippen molar-refractivity contribution in [3.8, 4) is 0 Å². The van der Waals surface area contributed by atoms with Gasteiger partial charge in [0.05, 0.1) is 0 Å². The highest BCUT2D eigenvalue weighted by Gasteiger charge is 2.27. The molecule has 0 aliphatic heterocycles. The van der Waals surface area contributed by atoms with Crippen molar-refractivity contribution in [2.75, 3.05) is 0 Å². The van der Waals surface area contributed by atoms with E-state index in [1.54, 1.807) is 0 Å². The molecule has 12 heavy (non-hydrogen) atoms. The van der Waals surface area contributed by atoms with Gasteiger partial charge in [0.25, 0.3) is 0 Å². The first-order chi connectivity index (χ1) is 5.67. The normalized spacial score (nSPS) is 24.0. The van der Waals surface area contributed by atoms with Crippen LogP contribution >= 0.6 is 0 Å². The zero-order chi connectivity index (χ0) is 9.03. The van der Waals surface area contributed by atoms with Gasteiger partial charge < -0.3 is 4.79 Å². The van der Waals surface area contributed by atoms with Crippen LogP contribution in [0.15, 0.2) is 12.2 Å². The Bertz CT molecular complexity index is 179. The van der Waals surface area contributed by atoms with Crippen LogP contribution in [0.5, 0.6) is 0 Å². The zero-order valence-electron chi connectivity index (χ0n) is 8.05. The molecule has 1 atom stereocenters. The molecule has 0 heterocycles. The average Bonchev–Trinajstić information content (AvgIpc) is 2.06. The number of rotatable bonds is 3. The van der Waals surface area contributed by atoms with E-state index < -0.39 is 0 Å². The monoisotopic (exact) mass is 166 g/mol. The van der Waals surface area contributed by atoms with Gasteiger partial charge >= 0.3 is 0 Å². The fourth-order valence-corrected chi connectivity index (χ4v) is 1.83. The average molecular weight is 166 g/mol. The van der Waals surface area contributed by atoms with Crippen molar-refractivity contribution in [1.29, 1.82) is 0 Å². The van der Waals surface area contributed by atoms with Crippen LogP contribution in [0, 0.1) is 11.3 Å². The molecule has 0 aromatic heterocycles. The number of hydrogen-bond acceptors (Lipinski definition) is 1. The van der Waals surface area contributed by atoms with Gasteiger partial charge in [-0.15, -0.1) is 0 Å². The summed E-state index contributed by atoms with van der Waals surface area (Å²) in [5.74, 6) is 0.608. The standard InChI is InChI=1S/C11H18O/c1-11(2,8-9-12)10-6-4-3-5-7-10/h4,6,9-10H,3,5,7-8H2,1-2H3. The first kappa shape index (κ1) is 9.50. The van der Waals surface area contributed by atoms with Gasteiger partial charge in [-0.3, -0.25) is 0 Å². The molecule has 1 aliphatic rings. The van der Waals surface area contributed by atoms with Crippen molar-refractivity contribution in [2.45, 2.75) is 39.5 Å². The molecule has 1 unspecified atom stereocenters. The molecule has 0 saturated carbocycles. The molecule has 0 fully saturated rings. The van der Waals surface area contributed by atoms with E-state index in [1.807, 2.05) is 0 Å². The van der Waals surface area contributed by atoms with Crippen molar-refractivity contribution in [3.63, 3.8) is 0 Å². The Morgan fingerprint density at radius 1 is 1.58 bits per heavy atom. The maximum Gasteiger partial charge on any atom is 0.120 e. The fraction of sp³-hybridized carbons (Fsp3) is 0.727. The minimum atomic E-state index is 0.165. The van der Waals surface area contributed by atoms with Gasteiger partial charge in [0.15, 0.2) is 0 Å². The van der Waals surface area contributed by atoms with Gasteiger partial charge in [0, 0.05) is 6.42 Å². The molecule has 0 bridgehead atoms. The molecule has 0 N–H and O–H groups in total. The van der Waals surface area contributed by atoms with Gasteiger partial charge in [-0.05, 0) is 30.6 Å². The van der Waals surface area contributed by atoms with E-state index in [0.29, 0.717) is 12.3 Å². The van der Waals surface area contributed by atoms with E-state index in [0.717, 1.165) is 6.29 Å². The largest absolute Gasteiger partial charge is 0.303 e. The van der Waals surface area contributed by atoms with Crippen molar-refractivity contribution in [1.82, 2.24) is 0 Å². The molecule has 1 nitrogen and oxygen atoms in total. The first-order valence-corrected chi connectivity index (χ1v) is 4.77. The molecule has 0 spiro atoms. The molecule has 0 radical (unpaired) electrons. The molecular weight excluding hydrogens is 148 g/mol. The fourth-order valence-electron chi connectivity index (χ4n) is 1.83. The Hall–Kier alpha value is -0.590. The molecule has 1 aliphatic carbocycles. The number of hydrogen-bond donors (Lipinski definition) is 0. The van der Waals surface area contributed by atoms with Crippen LogP contribution < -0.4 is 0 Å². The molecule has 68 valence electrons. The van der Waals surface area contributed by atoms with Crippen LogP contribution in [0.3, 0.4) is 0 Å². The van der Waals surface area contributed by atoms with E-state index in [4.69, 9.17) is 0 Å². The Balaban J connectivity index is 2.59. The number of carbonyl (C=O) groups excluding carboxylic acids is 1. The van der Waals surface area contributed by atoms with E-state index in [1.165, 1.54) is 19.3 Å². The summed E-state index contributed by atoms with van der Waals surface area (Å²) in [4.78, 5) is 10.4.